The Labute approximate surface area is 231 Å². The quantitative estimate of drug-likeness (QED) is 0.135. The van der Waals surface area contributed by atoms with Gasteiger partial charge in [-0.25, -0.2) is 9.59 Å². The monoisotopic (exact) mass is 565 g/mol. The number of rotatable bonds is 7. The number of carboxylic acid groups (broad SMARTS) is 2. The zero-order valence-corrected chi connectivity index (χ0v) is 21.0. The van der Waals surface area contributed by atoms with Gasteiger partial charge in [0, 0.05) is 22.4 Å². The third kappa shape index (κ3) is 8.17. The number of hydrogen-bond acceptors (Lipinski definition) is 5. The van der Waals surface area contributed by atoms with Crippen molar-refractivity contribution in [3.05, 3.63) is 114 Å². The van der Waals surface area contributed by atoms with E-state index in [2.05, 4.69) is 5.32 Å². The first-order valence-electron chi connectivity index (χ1n) is 11.6. The Kier molecular flexibility index (Phi) is 9.43. The average Bonchev–Trinajstić information content (AvgIpc) is 2.94. The Morgan fingerprint density at radius 1 is 0.780 bits per heavy atom. The molecule has 12 heteroatoms. The summed E-state index contributed by atoms with van der Waals surface area (Å²) >= 11 is 0. The van der Waals surface area contributed by atoms with Crippen LogP contribution >= 0.6 is 0 Å². The molecular weight excluding hydrogens is 543 g/mol. The van der Waals surface area contributed by atoms with Crippen molar-refractivity contribution < 1.29 is 42.5 Å². The molecule has 9 nitrogen and oxygen atoms in total. The molecule has 0 atom stereocenters. The lowest BCUT2D eigenvalue weighted by Crippen LogP contribution is -2.21. The number of aromatic carboxylic acids is 1. The van der Waals surface area contributed by atoms with Gasteiger partial charge in [-0.2, -0.15) is 13.2 Å². The normalized spacial score (nSPS) is 10.5. The van der Waals surface area contributed by atoms with Crippen LogP contribution in [-0.4, -0.2) is 40.1 Å². The number of hydrogen-bond donors (Lipinski definition) is 5. The second kappa shape index (κ2) is 12.9. The van der Waals surface area contributed by atoms with Crippen LogP contribution in [0.1, 0.15) is 26.3 Å². The number of carbonyl (C=O) groups is 3. The molecule has 4 aromatic carbocycles. The first-order valence-corrected chi connectivity index (χ1v) is 11.6. The summed E-state index contributed by atoms with van der Waals surface area (Å²) in [7, 11) is 0. The second-order valence-corrected chi connectivity index (χ2v) is 8.22. The molecule has 210 valence electrons. The van der Waals surface area contributed by atoms with Gasteiger partial charge < -0.3 is 26.0 Å². The number of alkyl halides is 3. The highest BCUT2D eigenvalue weighted by molar-refractivity contribution is 6.05. The van der Waals surface area contributed by atoms with Crippen molar-refractivity contribution in [2.75, 3.05) is 5.32 Å². The van der Waals surface area contributed by atoms with E-state index in [9.17, 15) is 27.9 Å². The molecule has 0 unspecified atom stereocenters. The van der Waals surface area contributed by atoms with Gasteiger partial charge in [0.1, 0.15) is 17.3 Å². The molecule has 0 bridgehead atoms. The number of carbonyl (C=O) groups excluding carboxylic acids is 1. The smallest absolute Gasteiger partial charge is 0.478 e. The van der Waals surface area contributed by atoms with Crippen molar-refractivity contribution in [2.24, 2.45) is 5.73 Å². The standard InChI is InChI=1S/C27H21N3O4.C2HF3O2/c28-25(29)17-10-13-20(14-11-17)34-24-15-12-19(30-26(31)18-6-2-1-3-7-18)16-23(24)21-8-4-5-9-22(21)27(32)33;3-2(4,5)1(6)7/h1-16H,(H3,28,29)(H,30,31)(H,32,33);(H,6,7). The van der Waals surface area contributed by atoms with E-state index < -0.39 is 18.1 Å². The number of halogens is 3. The number of anilines is 1. The summed E-state index contributed by atoms with van der Waals surface area (Å²) in [5.74, 6) is -3.28. The fourth-order valence-corrected chi connectivity index (χ4v) is 3.43. The number of carboxylic acids is 2. The number of nitrogen functional groups attached to an aromatic ring is 1. The Morgan fingerprint density at radius 2 is 1.37 bits per heavy atom. The first-order chi connectivity index (χ1) is 19.4. The maximum Gasteiger partial charge on any atom is 0.490 e. The molecule has 0 spiro atoms. The molecule has 0 aromatic heterocycles. The van der Waals surface area contributed by atoms with Crippen molar-refractivity contribution >= 4 is 29.4 Å². The minimum Gasteiger partial charge on any atom is -0.478 e. The number of amides is 1. The van der Waals surface area contributed by atoms with Gasteiger partial charge in [-0.1, -0.05) is 36.4 Å². The molecule has 0 aliphatic carbocycles. The lowest BCUT2D eigenvalue weighted by molar-refractivity contribution is -0.192. The van der Waals surface area contributed by atoms with Gasteiger partial charge in [-0.15, -0.1) is 0 Å². The van der Waals surface area contributed by atoms with Gasteiger partial charge in [-0.3, -0.25) is 10.2 Å². The predicted molar refractivity (Wildman–Crippen MR) is 144 cm³/mol. The SMILES string of the molecule is N=C(N)c1ccc(Oc2ccc(NC(=O)c3ccccc3)cc2-c2ccccc2C(=O)O)cc1.O=C(O)C(F)(F)F. The predicted octanol–water partition coefficient (Wildman–Crippen LogP) is 6.01. The molecule has 0 heterocycles. The summed E-state index contributed by atoms with van der Waals surface area (Å²) in [4.78, 5) is 33.4. The minimum absolute atomic E-state index is 0.0545. The van der Waals surface area contributed by atoms with E-state index in [0.29, 0.717) is 39.4 Å². The Balaban J connectivity index is 0.000000587. The van der Waals surface area contributed by atoms with Crippen LogP contribution in [0.15, 0.2) is 97.1 Å². The van der Waals surface area contributed by atoms with Crippen LogP contribution in [0.25, 0.3) is 11.1 Å². The number of aliphatic carboxylic acids is 1. The fourth-order valence-electron chi connectivity index (χ4n) is 3.43. The van der Waals surface area contributed by atoms with Crippen LogP contribution in [0.3, 0.4) is 0 Å². The van der Waals surface area contributed by atoms with E-state index in [1.54, 1.807) is 84.9 Å². The van der Waals surface area contributed by atoms with Gasteiger partial charge in [0.05, 0.1) is 5.56 Å². The molecule has 4 aromatic rings. The highest BCUT2D eigenvalue weighted by Gasteiger charge is 2.38. The molecule has 0 saturated heterocycles. The third-order valence-electron chi connectivity index (χ3n) is 5.36. The van der Waals surface area contributed by atoms with Crippen molar-refractivity contribution in [1.29, 1.82) is 5.41 Å². The maximum atomic E-state index is 12.6. The van der Waals surface area contributed by atoms with Crippen molar-refractivity contribution in [2.45, 2.75) is 6.18 Å². The fraction of sp³-hybridized carbons (Fsp3) is 0.0345. The van der Waals surface area contributed by atoms with Crippen LogP contribution in [0.2, 0.25) is 0 Å². The van der Waals surface area contributed by atoms with Crippen LogP contribution in [0.4, 0.5) is 18.9 Å². The van der Waals surface area contributed by atoms with Crippen molar-refractivity contribution in [3.63, 3.8) is 0 Å². The molecule has 0 aliphatic heterocycles. The number of nitrogens with two attached hydrogens (primary N) is 1. The number of ether oxygens (including phenoxy) is 1. The molecule has 41 heavy (non-hydrogen) atoms. The zero-order valence-electron chi connectivity index (χ0n) is 21.0. The minimum atomic E-state index is -5.08. The summed E-state index contributed by atoms with van der Waals surface area (Å²) < 4.78 is 37.8. The Hall–Kier alpha value is -5.65. The lowest BCUT2D eigenvalue weighted by Gasteiger charge is -2.16. The van der Waals surface area contributed by atoms with E-state index in [0.717, 1.165) is 0 Å². The van der Waals surface area contributed by atoms with E-state index in [1.165, 1.54) is 6.07 Å². The molecule has 4 rings (SSSR count). The van der Waals surface area contributed by atoms with E-state index in [1.807, 2.05) is 6.07 Å². The van der Waals surface area contributed by atoms with Crippen LogP contribution < -0.4 is 15.8 Å². The van der Waals surface area contributed by atoms with Gasteiger partial charge in [0.15, 0.2) is 0 Å². The second-order valence-electron chi connectivity index (χ2n) is 8.22. The summed E-state index contributed by atoms with van der Waals surface area (Å²) in [5.41, 5.74) is 8.11. The lowest BCUT2D eigenvalue weighted by atomic mass is 9.98. The van der Waals surface area contributed by atoms with Crippen molar-refractivity contribution in [3.8, 4) is 22.6 Å². The summed E-state index contributed by atoms with van der Waals surface area (Å²) in [6.07, 6.45) is -5.08. The molecular formula is C29H22F3N3O6. The van der Waals surface area contributed by atoms with Gasteiger partial charge >= 0.3 is 18.1 Å². The summed E-state index contributed by atoms with van der Waals surface area (Å²) in [5, 5.41) is 27.2. The van der Waals surface area contributed by atoms with E-state index in [4.69, 9.17) is 25.8 Å². The Bertz CT molecular complexity index is 1570. The highest BCUT2D eigenvalue weighted by atomic mass is 19.4. The van der Waals surface area contributed by atoms with E-state index >= 15 is 0 Å². The highest BCUT2D eigenvalue weighted by Crippen LogP contribution is 2.37. The van der Waals surface area contributed by atoms with Crippen molar-refractivity contribution in [1.82, 2.24) is 0 Å². The van der Waals surface area contributed by atoms with Crippen LogP contribution in [0.5, 0.6) is 11.5 Å². The zero-order chi connectivity index (χ0) is 30.2. The van der Waals surface area contributed by atoms with Crippen LogP contribution in [-0.2, 0) is 4.79 Å². The average molecular weight is 566 g/mol. The van der Waals surface area contributed by atoms with Gasteiger partial charge in [0.25, 0.3) is 5.91 Å². The maximum absolute atomic E-state index is 12.6. The molecule has 0 radical (unpaired) electrons. The van der Waals surface area contributed by atoms with E-state index in [-0.39, 0.29) is 17.3 Å². The molecule has 0 fully saturated rings. The molecule has 0 saturated carbocycles. The molecule has 1 amide bonds. The Morgan fingerprint density at radius 3 is 1.93 bits per heavy atom. The molecule has 6 N–H and O–H groups in total. The number of benzene rings is 4. The molecule has 0 aliphatic rings. The van der Waals surface area contributed by atoms with Crippen LogP contribution in [0, 0.1) is 5.41 Å². The largest absolute Gasteiger partial charge is 0.490 e. The third-order valence-corrected chi connectivity index (χ3v) is 5.36. The number of amidine groups is 1. The summed E-state index contributed by atoms with van der Waals surface area (Å²) in [6, 6.07) is 27.1. The topological polar surface area (TPSA) is 163 Å². The van der Waals surface area contributed by atoms with Gasteiger partial charge in [0.2, 0.25) is 0 Å². The van der Waals surface area contributed by atoms with Gasteiger partial charge in [-0.05, 0) is 66.2 Å². The first kappa shape index (κ1) is 29.9. The summed E-state index contributed by atoms with van der Waals surface area (Å²) in [6.45, 7) is 0. The number of nitrogens with one attached hydrogen (secondary N) is 2.